The summed E-state index contributed by atoms with van der Waals surface area (Å²) in [5, 5.41) is 3.62. The second-order valence-corrected chi connectivity index (χ2v) is 20.6. The minimum Gasteiger partial charge on any atom is -0.486 e. The van der Waals surface area contributed by atoms with Gasteiger partial charge in [-0.1, -0.05) is 114 Å². The number of benzene rings is 2. The Balaban J connectivity index is 0.000000204. The molecule has 1 aliphatic rings. The normalized spacial score (nSPS) is 13.8. The van der Waals surface area contributed by atoms with Gasteiger partial charge in [0.1, 0.15) is 0 Å². The monoisotopic (exact) mass is 858 g/mol. The van der Waals surface area contributed by atoms with Crippen molar-refractivity contribution >= 4 is 35.3 Å². The van der Waals surface area contributed by atoms with Crippen molar-refractivity contribution in [2.24, 2.45) is 11.8 Å². The van der Waals surface area contributed by atoms with Crippen molar-refractivity contribution in [3.05, 3.63) is 108 Å². The van der Waals surface area contributed by atoms with Gasteiger partial charge in [0.15, 0.2) is 0 Å². The summed E-state index contributed by atoms with van der Waals surface area (Å²) < 4.78 is 6.24. The first-order valence-corrected chi connectivity index (χ1v) is 21.7. The van der Waals surface area contributed by atoms with E-state index in [4.69, 9.17) is 9.40 Å². The van der Waals surface area contributed by atoms with E-state index < -0.39 is 8.07 Å². The van der Waals surface area contributed by atoms with Crippen LogP contribution in [-0.2, 0) is 32.9 Å². The van der Waals surface area contributed by atoms with Crippen LogP contribution in [0.5, 0.6) is 0 Å². The molecule has 4 nitrogen and oxygen atoms in total. The molecule has 0 unspecified atom stereocenters. The van der Waals surface area contributed by atoms with Crippen LogP contribution in [0.25, 0.3) is 44.6 Å². The first-order chi connectivity index (χ1) is 23.6. The Kier molecular flexibility index (Phi) is 12.6. The molecule has 2 aromatic carbocycles. The SMILES string of the molecule is CC(C)Cc1cc(-c2[c-]cccc2)ncc1[Si](C)(C)C.CC(C)c1ccc2c(n1)oc1c(-c3cc(CC4CCCCC4)ccn3)[c-]ccc12.[Ir]. The molecule has 6 heteroatoms. The Morgan fingerprint density at radius 1 is 0.840 bits per heavy atom. The second kappa shape index (κ2) is 16.7. The molecule has 50 heavy (non-hydrogen) atoms. The van der Waals surface area contributed by atoms with E-state index in [0.717, 1.165) is 63.3 Å². The Morgan fingerprint density at radius 3 is 2.34 bits per heavy atom. The van der Waals surface area contributed by atoms with Gasteiger partial charge in [-0.15, -0.1) is 54.1 Å². The second-order valence-electron chi connectivity index (χ2n) is 15.5. The summed E-state index contributed by atoms with van der Waals surface area (Å²) in [5.74, 6) is 1.85. The van der Waals surface area contributed by atoms with E-state index in [1.807, 2.05) is 30.5 Å². The third kappa shape index (κ3) is 9.07. The molecule has 1 aliphatic carbocycles. The van der Waals surface area contributed by atoms with Crippen LogP contribution in [0.2, 0.25) is 19.6 Å². The molecule has 0 aliphatic heterocycles. The molecule has 0 amide bonds. The molecule has 0 saturated heterocycles. The van der Waals surface area contributed by atoms with E-state index >= 15 is 0 Å². The zero-order valence-corrected chi connectivity index (χ0v) is 34.2. The number of nitrogens with zero attached hydrogens (tertiary/aromatic N) is 3. The van der Waals surface area contributed by atoms with Crippen molar-refractivity contribution < 1.29 is 24.5 Å². The fourth-order valence-electron chi connectivity index (χ4n) is 7.09. The van der Waals surface area contributed by atoms with Crippen molar-refractivity contribution in [1.29, 1.82) is 0 Å². The van der Waals surface area contributed by atoms with Gasteiger partial charge in [0.05, 0.1) is 13.7 Å². The van der Waals surface area contributed by atoms with Gasteiger partial charge in [0.25, 0.3) is 0 Å². The quantitative estimate of drug-likeness (QED) is 0.113. The summed E-state index contributed by atoms with van der Waals surface area (Å²) in [6.45, 7) is 16.0. The molecule has 6 aromatic rings. The van der Waals surface area contributed by atoms with Gasteiger partial charge >= 0.3 is 0 Å². The van der Waals surface area contributed by atoms with Crippen LogP contribution in [0.4, 0.5) is 0 Å². The topological polar surface area (TPSA) is 51.8 Å². The number of furan rings is 1. The van der Waals surface area contributed by atoms with Gasteiger partial charge in [0.2, 0.25) is 5.71 Å². The molecule has 4 aromatic heterocycles. The number of fused-ring (bicyclic) bond motifs is 3. The Labute approximate surface area is 313 Å². The molecule has 1 fully saturated rings. The smallest absolute Gasteiger partial charge is 0.216 e. The Morgan fingerprint density at radius 2 is 1.64 bits per heavy atom. The van der Waals surface area contributed by atoms with Gasteiger partial charge in [-0.05, 0) is 65.4 Å². The fourth-order valence-corrected chi connectivity index (χ4v) is 8.68. The Bertz CT molecular complexity index is 2010. The average Bonchev–Trinajstić information content (AvgIpc) is 3.47. The van der Waals surface area contributed by atoms with E-state index in [9.17, 15) is 0 Å². The molecule has 0 bridgehead atoms. The first-order valence-electron chi connectivity index (χ1n) is 18.2. The summed E-state index contributed by atoms with van der Waals surface area (Å²) in [6, 6.07) is 29.6. The van der Waals surface area contributed by atoms with E-state index in [0.29, 0.717) is 17.5 Å². The van der Waals surface area contributed by atoms with Crippen molar-refractivity contribution in [3.63, 3.8) is 0 Å². The van der Waals surface area contributed by atoms with Gasteiger partial charge < -0.3 is 14.4 Å². The predicted octanol–water partition coefficient (Wildman–Crippen LogP) is 11.4. The van der Waals surface area contributed by atoms with Crippen LogP contribution in [0.3, 0.4) is 0 Å². The summed E-state index contributed by atoms with van der Waals surface area (Å²) >= 11 is 0. The minimum absolute atomic E-state index is 0. The van der Waals surface area contributed by atoms with Crippen molar-refractivity contribution in [2.75, 3.05) is 0 Å². The van der Waals surface area contributed by atoms with Crippen molar-refractivity contribution in [3.8, 4) is 22.5 Å². The van der Waals surface area contributed by atoms with E-state index in [1.54, 1.807) is 0 Å². The minimum atomic E-state index is -1.34. The molecule has 1 saturated carbocycles. The van der Waals surface area contributed by atoms with Crippen LogP contribution in [0, 0.1) is 24.0 Å². The fraction of sp³-hybridized carbons (Fsp3) is 0.386. The maximum atomic E-state index is 6.24. The average molecular weight is 858 g/mol. The van der Waals surface area contributed by atoms with Crippen molar-refractivity contribution in [1.82, 2.24) is 15.0 Å². The summed E-state index contributed by atoms with van der Waals surface area (Å²) in [5.41, 5.74) is 9.41. The van der Waals surface area contributed by atoms with Crippen molar-refractivity contribution in [2.45, 2.75) is 98.2 Å². The standard InChI is InChI=1S/C26H27N2O.C18H24NSi.Ir/c1-17(2)23-12-11-21-20-9-6-10-22(25(20)29-26(21)28-23)24-16-19(13-14-27-24)15-18-7-4-3-5-8-18;1-14(2)11-16-12-17(15-9-7-6-8-10-15)19-13-18(16)20(3,4)5;/h6,9,11-14,16-18H,3-5,7-8,15H2,1-2H3;6-9,12-14H,11H2,1-5H3;/q2*-1;. The predicted molar refractivity (Wildman–Crippen MR) is 208 cm³/mol. The molecule has 7 rings (SSSR count). The Hall–Kier alpha value is -3.44. The summed E-state index contributed by atoms with van der Waals surface area (Å²) in [4.78, 5) is 14.1. The molecule has 0 spiro atoms. The molecule has 1 radical (unpaired) electrons. The van der Waals surface area contributed by atoms with Gasteiger partial charge in [-0.25, -0.2) is 4.98 Å². The van der Waals surface area contributed by atoms with Crippen LogP contribution >= 0.6 is 0 Å². The molecule has 0 N–H and O–H groups in total. The summed E-state index contributed by atoms with van der Waals surface area (Å²) in [7, 11) is -1.34. The number of pyridine rings is 3. The van der Waals surface area contributed by atoms with E-state index in [2.05, 4.69) is 118 Å². The van der Waals surface area contributed by atoms with Crippen LogP contribution in [0.1, 0.15) is 82.5 Å². The van der Waals surface area contributed by atoms with Gasteiger partial charge in [-0.2, -0.15) is 0 Å². The van der Waals surface area contributed by atoms with Gasteiger partial charge in [0, 0.05) is 43.6 Å². The molecule has 263 valence electrons. The van der Waals surface area contributed by atoms with E-state index in [-0.39, 0.29) is 20.1 Å². The van der Waals surface area contributed by atoms with Crippen LogP contribution < -0.4 is 5.19 Å². The molecular weight excluding hydrogens is 807 g/mol. The first kappa shape index (κ1) is 37.8. The maximum absolute atomic E-state index is 6.24. The maximum Gasteiger partial charge on any atom is 0.216 e. The van der Waals surface area contributed by atoms with Crippen LogP contribution in [-0.4, -0.2) is 23.0 Å². The third-order valence-electron chi connectivity index (χ3n) is 9.65. The molecule has 4 heterocycles. The van der Waals surface area contributed by atoms with Crippen LogP contribution in [0.15, 0.2) is 83.5 Å². The number of rotatable bonds is 8. The summed E-state index contributed by atoms with van der Waals surface area (Å²) in [6.07, 6.45) is 13.2. The number of hydrogen-bond donors (Lipinski definition) is 0. The largest absolute Gasteiger partial charge is 0.486 e. The number of hydrogen-bond acceptors (Lipinski definition) is 4. The zero-order chi connectivity index (χ0) is 34.5. The zero-order valence-electron chi connectivity index (χ0n) is 30.8. The molecule has 0 atom stereocenters. The van der Waals surface area contributed by atoms with Gasteiger partial charge in [-0.3, -0.25) is 0 Å². The number of aromatic nitrogens is 3. The third-order valence-corrected chi connectivity index (χ3v) is 11.7. The van der Waals surface area contributed by atoms with E-state index in [1.165, 1.54) is 48.4 Å². The molecular formula is C44H51IrN3OSi-2.